The summed E-state index contributed by atoms with van der Waals surface area (Å²) in [6, 6.07) is 22.3. The van der Waals surface area contributed by atoms with Crippen molar-refractivity contribution in [1.29, 1.82) is 0 Å². The Bertz CT molecular complexity index is 1220. The van der Waals surface area contributed by atoms with E-state index in [1.165, 1.54) is 0 Å². The van der Waals surface area contributed by atoms with Crippen molar-refractivity contribution in [3.8, 4) is 5.75 Å². The van der Waals surface area contributed by atoms with E-state index in [2.05, 4.69) is 10.6 Å². The monoisotopic (exact) mass is 414 g/mol. The van der Waals surface area contributed by atoms with Gasteiger partial charge in [-0.2, -0.15) is 0 Å². The van der Waals surface area contributed by atoms with Crippen LogP contribution in [-0.4, -0.2) is 18.4 Å². The molecule has 4 aromatic rings. The quantitative estimate of drug-likeness (QED) is 0.460. The minimum Gasteiger partial charge on any atom is -0.483 e. The van der Waals surface area contributed by atoms with Gasteiger partial charge in [-0.15, -0.1) is 0 Å². The van der Waals surface area contributed by atoms with Gasteiger partial charge in [0.05, 0.1) is 18.4 Å². The van der Waals surface area contributed by atoms with Gasteiger partial charge in [0.15, 0.2) is 6.61 Å². The SMILES string of the molecule is Cc1ccccc1NC(=O)c1cc2ccccc2cc1OCC(=O)NCc1ccco1. The zero-order chi connectivity index (χ0) is 21.6. The maximum Gasteiger partial charge on any atom is 0.259 e. The molecule has 0 aliphatic carbocycles. The predicted octanol–water partition coefficient (Wildman–Crippen LogP) is 4.69. The number of benzene rings is 3. The van der Waals surface area contributed by atoms with Crippen LogP contribution in [0.1, 0.15) is 21.7 Å². The second-order valence-electron chi connectivity index (χ2n) is 7.11. The molecule has 2 amide bonds. The van der Waals surface area contributed by atoms with Gasteiger partial charge in [0.2, 0.25) is 0 Å². The Morgan fingerprint density at radius 2 is 1.68 bits per heavy atom. The molecule has 0 aliphatic heterocycles. The van der Waals surface area contributed by atoms with Gasteiger partial charge in [-0.25, -0.2) is 0 Å². The normalized spacial score (nSPS) is 10.6. The molecule has 0 saturated carbocycles. The first-order valence-electron chi connectivity index (χ1n) is 9.92. The molecule has 0 saturated heterocycles. The van der Waals surface area contributed by atoms with E-state index in [1.807, 2.05) is 55.5 Å². The number of ether oxygens (including phenoxy) is 1. The topological polar surface area (TPSA) is 80.6 Å². The summed E-state index contributed by atoms with van der Waals surface area (Å²) in [7, 11) is 0. The average molecular weight is 414 g/mol. The Hall–Kier alpha value is -4.06. The van der Waals surface area contributed by atoms with Crippen LogP contribution in [0.5, 0.6) is 5.75 Å². The fourth-order valence-corrected chi connectivity index (χ4v) is 3.21. The van der Waals surface area contributed by atoms with E-state index < -0.39 is 0 Å². The van der Waals surface area contributed by atoms with Crippen molar-refractivity contribution >= 4 is 28.3 Å². The van der Waals surface area contributed by atoms with Gasteiger partial charge in [-0.1, -0.05) is 42.5 Å². The van der Waals surface area contributed by atoms with Crippen LogP contribution < -0.4 is 15.4 Å². The van der Waals surface area contributed by atoms with Crippen LogP contribution in [0.2, 0.25) is 0 Å². The van der Waals surface area contributed by atoms with E-state index in [4.69, 9.17) is 9.15 Å². The highest BCUT2D eigenvalue weighted by Crippen LogP contribution is 2.27. The first-order valence-corrected chi connectivity index (χ1v) is 9.92. The van der Waals surface area contributed by atoms with Crippen molar-refractivity contribution in [3.05, 3.63) is 95.9 Å². The van der Waals surface area contributed by atoms with E-state index in [-0.39, 0.29) is 25.0 Å². The molecule has 1 aromatic heterocycles. The summed E-state index contributed by atoms with van der Waals surface area (Å²) < 4.78 is 11.0. The standard InChI is InChI=1S/C25H22N2O4/c1-17-7-2-5-11-22(17)27-25(29)21-13-18-8-3-4-9-19(18)14-23(21)31-16-24(28)26-15-20-10-6-12-30-20/h2-14H,15-16H2,1H3,(H,26,28)(H,27,29). The largest absolute Gasteiger partial charge is 0.483 e. The molecule has 3 aromatic carbocycles. The van der Waals surface area contributed by atoms with Crippen molar-refractivity contribution in [1.82, 2.24) is 5.32 Å². The summed E-state index contributed by atoms with van der Waals surface area (Å²) in [5, 5.41) is 7.49. The Labute approximate surface area is 179 Å². The summed E-state index contributed by atoms with van der Waals surface area (Å²) in [6.45, 7) is 1.98. The first kappa shape index (κ1) is 20.2. The molecule has 31 heavy (non-hydrogen) atoms. The van der Waals surface area contributed by atoms with E-state index in [0.717, 1.165) is 22.0 Å². The molecular formula is C25H22N2O4. The first-order chi connectivity index (χ1) is 15.1. The third-order valence-corrected chi connectivity index (χ3v) is 4.88. The molecule has 0 spiro atoms. The lowest BCUT2D eigenvalue weighted by atomic mass is 10.0. The van der Waals surface area contributed by atoms with E-state index in [9.17, 15) is 9.59 Å². The number of nitrogens with one attached hydrogen (secondary N) is 2. The third-order valence-electron chi connectivity index (χ3n) is 4.88. The van der Waals surface area contributed by atoms with Crippen molar-refractivity contribution in [2.75, 3.05) is 11.9 Å². The number of hydrogen-bond donors (Lipinski definition) is 2. The molecule has 6 nitrogen and oxygen atoms in total. The Morgan fingerprint density at radius 1 is 0.935 bits per heavy atom. The summed E-state index contributed by atoms with van der Waals surface area (Å²) in [6.07, 6.45) is 1.55. The molecule has 0 radical (unpaired) electrons. The van der Waals surface area contributed by atoms with Crippen LogP contribution in [0.3, 0.4) is 0 Å². The second kappa shape index (κ2) is 9.17. The number of carbonyl (C=O) groups excluding carboxylic acids is 2. The molecule has 2 N–H and O–H groups in total. The van der Waals surface area contributed by atoms with E-state index >= 15 is 0 Å². The molecule has 0 fully saturated rings. The van der Waals surface area contributed by atoms with Gasteiger partial charge < -0.3 is 19.8 Å². The molecule has 0 unspecified atom stereocenters. The molecule has 0 bridgehead atoms. The fraction of sp³-hybridized carbons (Fsp3) is 0.120. The minimum absolute atomic E-state index is 0.219. The second-order valence-corrected chi connectivity index (χ2v) is 7.11. The lowest BCUT2D eigenvalue weighted by molar-refractivity contribution is -0.123. The maximum atomic E-state index is 13.1. The highest BCUT2D eigenvalue weighted by atomic mass is 16.5. The lowest BCUT2D eigenvalue weighted by Gasteiger charge is -2.14. The van der Waals surface area contributed by atoms with Crippen LogP contribution in [0, 0.1) is 6.92 Å². The number of hydrogen-bond acceptors (Lipinski definition) is 4. The number of aryl methyl sites for hydroxylation is 1. The molecule has 1 heterocycles. The number of amides is 2. The van der Waals surface area contributed by atoms with Gasteiger partial charge in [0, 0.05) is 5.69 Å². The van der Waals surface area contributed by atoms with Crippen molar-refractivity contribution in [3.63, 3.8) is 0 Å². The average Bonchev–Trinajstić information content (AvgIpc) is 3.31. The van der Waals surface area contributed by atoms with Crippen molar-refractivity contribution in [2.45, 2.75) is 13.5 Å². The highest BCUT2D eigenvalue weighted by Gasteiger charge is 2.16. The summed E-state index contributed by atoms with van der Waals surface area (Å²) in [5.74, 6) is 0.385. The molecule has 6 heteroatoms. The maximum absolute atomic E-state index is 13.1. The lowest BCUT2D eigenvalue weighted by Crippen LogP contribution is -2.28. The van der Waals surface area contributed by atoms with Gasteiger partial charge >= 0.3 is 0 Å². The summed E-state index contributed by atoms with van der Waals surface area (Å²) in [5.41, 5.74) is 2.04. The van der Waals surface area contributed by atoms with Crippen LogP contribution in [0.4, 0.5) is 5.69 Å². The molecule has 0 atom stereocenters. The fourth-order valence-electron chi connectivity index (χ4n) is 3.21. The van der Waals surface area contributed by atoms with Gasteiger partial charge in [-0.05, 0) is 53.6 Å². The van der Waals surface area contributed by atoms with Crippen LogP contribution in [0.25, 0.3) is 10.8 Å². The zero-order valence-electron chi connectivity index (χ0n) is 17.1. The predicted molar refractivity (Wildman–Crippen MR) is 119 cm³/mol. The van der Waals surface area contributed by atoms with Crippen molar-refractivity contribution < 1.29 is 18.7 Å². The van der Waals surface area contributed by atoms with Crippen molar-refractivity contribution in [2.24, 2.45) is 0 Å². The number of carbonyl (C=O) groups is 2. The van der Waals surface area contributed by atoms with Gasteiger partial charge in [-0.3, -0.25) is 9.59 Å². The highest BCUT2D eigenvalue weighted by molar-refractivity contribution is 6.09. The van der Waals surface area contributed by atoms with Crippen LogP contribution in [0.15, 0.2) is 83.5 Å². The Morgan fingerprint density at radius 3 is 2.42 bits per heavy atom. The number of fused-ring (bicyclic) bond motifs is 1. The van der Waals surface area contributed by atoms with Gasteiger partial charge in [0.25, 0.3) is 11.8 Å². The third kappa shape index (κ3) is 4.93. The van der Waals surface area contributed by atoms with Crippen LogP contribution in [-0.2, 0) is 11.3 Å². The number of rotatable bonds is 7. The number of para-hydroxylation sites is 1. The van der Waals surface area contributed by atoms with E-state index in [1.54, 1.807) is 30.5 Å². The van der Waals surface area contributed by atoms with Gasteiger partial charge in [0.1, 0.15) is 11.5 Å². The number of anilines is 1. The van der Waals surface area contributed by atoms with Crippen LogP contribution >= 0.6 is 0 Å². The molecule has 4 rings (SSSR count). The summed E-state index contributed by atoms with van der Waals surface area (Å²) >= 11 is 0. The smallest absolute Gasteiger partial charge is 0.259 e. The Kier molecular flexibility index (Phi) is 5.98. The molecule has 0 aliphatic rings. The number of furan rings is 1. The molecule has 156 valence electrons. The summed E-state index contributed by atoms with van der Waals surface area (Å²) in [4.78, 5) is 25.3. The Balaban J connectivity index is 1.53. The zero-order valence-corrected chi connectivity index (χ0v) is 17.1. The minimum atomic E-state index is -0.310. The molecular weight excluding hydrogens is 392 g/mol. The van der Waals surface area contributed by atoms with E-state index in [0.29, 0.717) is 17.1 Å².